The number of anilines is 1. The van der Waals surface area contributed by atoms with E-state index in [0.29, 0.717) is 36.8 Å². The minimum atomic E-state index is -4.16. The second kappa shape index (κ2) is 16.2. The molecule has 0 unspecified atom stereocenters. The molecule has 1 N–H and O–H groups in total. The Balaban J connectivity index is 2.05. The standard InChI is InChI=1S/C32H41N3O6S2/c1-6-21-33-32(37)30(7-2)34(22-24-9-13-26(40-4)14-10-24)31(36)23-35(25-11-15-27(16-12-25)41-8-3)43(38,39)29-19-17-28(42-5)18-20-29/h9-20,30H,6-8,21-23H2,1-5H3,(H,33,37)/t30-/m1/s1. The number of methoxy groups -OCH3 is 1. The first kappa shape index (κ1) is 33.8. The largest absolute Gasteiger partial charge is 0.497 e. The molecule has 2 amide bonds. The van der Waals surface area contributed by atoms with Gasteiger partial charge in [0.25, 0.3) is 10.0 Å². The summed E-state index contributed by atoms with van der Waals surface area (Å²) in [6, 6.07) is 19.5. The maximum atomic E-state index is 14.2. The molecule has 0 fully saturated rings. The number of ether oxygens (including phenoxy) is 2. The number of sulfonamides is 1. The lowest BCUT2D eigenvalue weighted by atomic mass is 10.1. The topological polar surface area (TPSA) is 105 Å². The average Bonchev–Trinajstić information content (AvgIpc) is 3.03. The fourth-order valence-electron chi connectivity index (χ4n) is 4.49. The zero-order valence-electron chi connectivity index (χ0n) is 25.4. The van der Waals surface area contributed by atoms with Crippen molar-refractivity contribution in [3.8, 4) is 11.5 Å². The van der Waals surface area contributed by atoms with Crippen LogP contribution in [0.25, 0.3) is 0 Å². The smallest absolute Gasteiger partial charge is 0.264 e. The van der Waals surface area contributed by atoms with Crippen molar-refractivity contribution >= 4 is 39.3 Å². The van der Waals surface area contributed by atoms with Crippen LogP contribution in [0.5, 0.6) is 11.5 Å². The van der Waals surface area contributed by atoms with Gasteiger partial charge < -0.3 is 19.7 Å². The SMILES string of the molecule is CCCNC(=O)[C@@H](CC)N(Cc1ccc(OC)cc1)C(=O)CN(c1ccc(OCC)cc1)S(=O)(=O)c1ccc(SC)cc1. The molecular formula is C32H41N3O6S2. The fourth-order valence-corrected chi connectivity index (χ4v) is 6.31. The molecule has 1 atom stereocenters. The summed E-state index contributed by atoms with van der Waals surface area (Å²) in [5, 5.41) is 2.89. The number of thioether (sulfide) groups is 1. The van der Waals surface area contributed by atoms with Gasteiger partial charge in [0.2, 0.25) is 11.8 Å². The van der Waals surface area contributed by atoms with Gasteiger partial charge in [-0.2, -0.15) is 0 Å². The Morgan fingerprint density at radius 1 is 0.907 bits per heavy atom. The van der Waals surface area contributed by atoms with Crippen LogP contribution in [0.2, 0.25) is 0 Å². The predicted molar refractivity (Wildman–Crippen MR) is 171 cm³/mol. The van der Waals surface area contributed by atoms with Gasteiger partial charge in [-0.25, -0.2) is 8.42 Å². The fraction of sp³-hybridized carbons (Fsp3) is 0.375. The molecule has 0 saturated heterocycles. The summed E-state index contributed by atoms with van der Waals surface area (Å²) in [7, 11) is -2.59. The van der Waals surface area contributed by atoms with Crippen molar-refractivity contribution in [3.63, 3.8) is 0 Å². The Hall–Kier alpha value is -3.70. The quantitative estimate of drug-likeness (QED) is 0.214. The molecule has 0 aliphatic heterocycles. The molecule has 43 heavy (non-hydrogen) atoms. The lowest BCUT2D eigenvalue weighted by Crippen LogP contribution is -2.52. The summed E-state index contributed by atoms with van der Waals surface area (Å²) < 4.78 is 40.0. The monoisotopic (exact) mass is 627 g/mol. The number of rotatable bonds is 16. The lowest BCUT2D eigenvalue weighted by Gasteiger charge is -2.33. The van der Waals surface area contributed by atoms with E-state index in [1.54, 1.807) is 55.6 Å². The van der Waals surface area contributed by atoms with Crippen LogP contribution in [0.3, 0.4) is 0 Å². The first-order chi connectivity index (χ1) is 20.7. The van der Waals surface area contributed by atoms with E-state index < -0.39 is 28.5 Å². The summed E-state index contributed by atoms with van der Waals surface area (Å²) in [5.74, 6) is 0.454. The van der Waals surface area contributed by atoms with Crippen molar-refractivity contribution in [2.75, 3.05) is 37.4 Å². The van der Waals surface area contributed by atoms with Crippen LogP contribution in [0.15, 0.2) is 82.6 Å². The first-order valence-electron chi connectivity index (χ1n) is 14.3. The van der Waals surface area contributed by atoms with Crippen LogP contribution in [-0.4, -0.2) is 64.2 Å². The number of benzene rings is 3. The third-order valence-corrected chi connectivity index (χ3v) is 9.34. The maximum absolute atomic E-state index is 14.2. The normalized spacial score (nSPS) is 11.8. The van der Waals surface area contributed by atoms with Gasteiger partial charge in [0.15, 0.2) is 0 Å². The summed E-state index contributed by atoms with van der Waals surface area (Å²) >= 11 is 1.50. The molecule has 9 nitrogen and oxygen atoms in total. The number of hydrogen-bond acceptors (Lipinski definition) is 7. The molecule has 0 aromatic heterocycles. The minimum Gasteiger partial charge on any atom is -0.497 e. The van der Waals surface area contributed by atoms with Crippen molar-refractivity contribution in [2.45, 2.75) is 56.0 Å². The Morgan fingerprint density at radius 2 is 1.53 bits per heavy atom. The lowest BCUT2D eigenvalue weighted by molar-refractivity contribution is -0.140. The van der Waals surface area contributed by atoms with Crippen molar-refractivity contribution < 1.29 is 27.5 Å². The number of amides is 2. The Labute approximate surface area is 259 Å². The van der Waals surface area contributed by atoms with Crippen molar-refractivity contribution in [1.82, 2.24) is 10.2 Å². The van der Waals surface area contributed by atoms with E-state index in [1.165, 1.54) is 28.8 Å². The molecular weight excluding hydrogens is 587 g/mol. The number of carbonyl (C=O) groups excluding carboxylic acids is 2. The third kappa shape index (κ3) is 8.90. The van der Waals surface area contributed by atoms with E-state index in [4.69, 9.17) is 9.47 Å². The van der Waals surface area contributed by atoms with E-state index in [2.05, 4.69) is 5.32 Å². The molecule has 0 saturated carbocycles. The molecule has 0 spiro atoms. The minimum absolute atomic E-state index is 0.0569. The van der Waals surface area contributed by atoms with E-state index >= 15 is 0 Å². The number of carbonyl (C=O) groups is 2. The van der Waals surface area contributed by atoms with Gasteiger partial charge in [-0.1, -0.05) is 26.0 Å². The predicted octanol–water partition coefficient (Wildman–Crippen LogP) is 5.34. The van der Waals surface area contributed by atoms with Gasteiger partial charge in [0.05, 0.1) is 24.3 Å². The van der Waals surface area contributed by atoms with Crippen LogP contribution in [0.4, 0.5) is 5.69 Å². The van der Waals surface area contributed by atoms with Gasteiger partial charge >= 0.3 is 0 Å². The molecule has 0 aliphatic rings. The van der Waals surface area contributed by atoms with Crippen LogP contribution in [0, 0.1) is 0 Å². The molecule has 3 rings (SSSR count). The van der Waals surface area contributed by atoms with E-state index in [9.17, 15) is 18.0 Å². The molecule has 0 bridgehead atoms. The van der Waals surface area contributed by atoms with Crippen molar-refractivity contribution in [2.24, 2.45) is 0 Å². The number of nitrogens with one attached hydrogen (secondary N) is 1. The number of nitrogens with zero attached hydrogens (tertiary/aromatic N) is 2. The van der Waals surface area contributed by atoms with Crippen LogP contribution in [0.1, 0.15) is 39.2 Å². The van der Waals surface area contributed by atoms with Crippen LogP contribution < -0.4 is 19.1 Å². The van der Waals surface area contributed by atoms with Crippen molar-refractivity contribution in [3.05, 3.63) is 78.4 Å². The molecule has 0 heterocycles. The van der Waals surface area contributed by atoms with E-state index in [0.717, 1.165) is 21.2 Å². The van der Waals surface area contributed by atoms with Gasteiger partial charge in [-0.05, 0) is 92.2 Å². The van der Waals surface area contributed by atoms with Gasteiger partial charge in [-0.15, -0.1) is 11.8 Å². The zero-order chi connectivity index (χ0) is 31.4. The highest BCUT2D eigenvalue weighted by Gasteiger charge is 2.33. The summed E-state index contributed by atoms with van der Waals surface area (Å²) in [6.07, 6.45) is 3.00. The Bertz CT molecular complexity index is 1430. The molecule has 3 aromatic carbocycles. The molecule has 0 aliphatic carbocycles. The highest BCUT2D eigenvalue weighted by molar-refractivity contribution is 7.98. The van der Waals surface area contributed by atoms with Gasteiger partial charge in [0, 0.05) is 18.0 Å². The van der Waals surface area contributed by atoms with Crippen LogP contribution >= 0.6 is 11.8 Å². The Kier molecular flexibility index (Phi) is 12.8. The summed E-state index contributed by atoms with van der Waals surface area (Å²) in [6.45, 7) is 6.18. The highest BCUT2D eigenvalue weighted by Crippen LogP contribution is 2.28. The Morgan fingerprint density at radius 3 is 2.07 bits per heavy atom. The second-order valence-corrected chi connectivity index (χ2v) is 12.4. The van der Waals surface area contributed by atoms with Gasteiger partial charge in [0.1, 0.15) is 24.1 Å². The highest BCUT2D eigenvalue weighted by atomic mass is 32.2. The third-order valence-electron chi connectivity index (χ3n) is 6.81. The first-order valence-corrected chi connectivity index (χ1v) is 16.9. The second-order valence-electron chi connectivity index (χ2n) is 9.70. The zero-order valence-corrected chi connectivity index (χ0v) is 27.0. The average molecular weight is 628 g/mol. The van der Waals surface area contributed by atoms with Crippen molar-refractivity contribution in [1.29, 1.82) is 0 Å². The molecule has 11 heteroatoms. The summed E-state index contributed by atoms with van der Waals surface area (Å²) in [5.41, 5.74) is 1.08. The van der Waals surface area contributed by atoms with Crippen LogP contribution in [-0.2, 0) is 26.2 Å². The number of hydrogen-bond donors (Lipinski definition) is 1. The van der Waals surface area contributed by atoms with E-state index in [1.807, 2.05) is 39.2 Å². The molecule has 232 valence electrons. The van der Waals surface area contributed by atoms with Gasteiger partial charge in [-0.3, -0.25) is 13.9 Å². The summed E-state index contributed by atoms with van der Waals surface area (Å²) in [4.78, 5) is 29.8. The molecule has 3 aromatic rings. The van der Waals surface area contributed by atoms with E-state index in [-0.39, 0.29) is 17.3 Å². The maximum Gasteiger partial charge on any atom is 0.264 e. The molecule has 0 radical (unpaired) electrons.